The summed E-state index contributed by atoms with van der Waals surface area (Å²) in [7, 11) is 1.56. The Morgan fingerprint density at radius 2 is 1.96 bits per heavy atom. The zero-order chi connectivity index (χ0) is 20.7. The molecule has 0 atom stereocenters. The number of nitrogens with one attached hydrogen (secondary N) is 1. The number of carbonyl (C=O) groups is 3. The molecule has 8 heteroatoms. The number of likely N-dealkylation sites (N-methyl/N-ethyl adjacent to an activating group) is 1. The number of hydrogen-bond donors (Lipinski definition) is 1. The molecule has 0 saturated carbocycles. The summed E-state index contributed by atoms with van der Waals surface area (Å²) < 4.78 is 5.26. The van der Waals surface area contributed by atoms with Crippen LogP contribution in [-0.2, 0) is 20.7 Å². The zero-order valence-electron chi connectivity index (χ0n) is 17.2. The van der Waals surface area contributed by atoms with Gasteiger partial charge in [0.2, 0.25) is 11.8 Å². The van der Waals surface area contributed by atoms with Crippen molar-refractivity contribution in [3.8, 4) is 0 Å². The molecule has 1 aliphatic rings. The van der Waals surface area contributed by atoms with Gasteiger partial charge >= 0.3 is 6.09 Å². The standard InChI is InChI=1S/C20H31N3O4S/c1-20(2,3)27-19(26)22(4)14-17(24)23-11-8-15(9-12-23)18(25)21-10-7-16-6-5-13-28-16/h5-6,13,15H,7-12,14H2,1-4H3,(H,21,25). The van der Waals surface area contributed by atoms with E-state index in [1.807, 2.05) is 11.4 Å². The molecule has 0 radical (unpaired) electrons. The largest absolute Gasteiger partial charge is 0.444 e. The Morgan fingerprint density at radius 1 is 1.29 bits per heavy atom. The lowest BCUT2D eigenvalue weighted by atomic mass is 9.96. The van der Waals surface area contributed by atoms with Crippen molar-refractivity contribution < 1.29 is 19.1 Å². The van der Waals surface area contributed by atoms with Gasteiger partial charge in [-0.2, -0.15) is 0 Å². The number of carbonyl (C=O) groups excluding carboxylic acids is 3. The van der Waals surface area contributed by atoms with E-state index >= 15 is 0 Å². The Hall–Kier alpha value is -2.09. The van der Waals surface area contributed by atoms with E-state index in [9.17, 15) is 14.4 Å². The fourth-order valence-corrected chi connectivity index (χ4v) is 3.72. The maximum absolute atomic E-state index is 12.4. The molecule has 1 aromatic heterocycles. The molecule has 1 N–H and O–H groups in total. The van der Waals surface area contributed by atoms with Gasteiger partial charge in [0.05, 0.1) is 0 Å². The number of ether oxygens (including phenoxy) is 1. The first-order chi connectivity index (χ1) is 13.2. The van der Waals surface area contributed by atoms with E-state index in [4.69, 9.17) is 4.74 Å². The van der Waals surface area contributed by atoms with Crippen molar-refractivity contribution in [1.29, 1.82) is 0 Å². The summed E-state index contributed by atoms with van der Waals surface area (Å²) in [6.07, 6.45) is 1.62. The molecule has 0 aliphatic carbocycles. The first-order valence-electron chi connectivity index (χ1n) is 9.67. The number of piperidine rings is 1. The van der Waals surface area contributed by atoms with Crippen molar-refractivity contribution in [2.45, 2.75) is 45.6 Å². The third kappa shape index (κ3) is 7.14. The molecule has 2 heterocycles. The monoisotopic (exact) mass is 409 g/mol. The Kier molecular flexibility index (Phi) is 7.86. The van der Waals surface area contributed by atoms with E-state index in [-0.39, 0.29) is 24.3 Å². The van der Waals surface area contributed by atoms with Crippen molar-refractivity contribution in [2.24, 2.45) is 5.92 Å². The molecule has 1 aliphatic heterocycles. The average Bonchev–Trinajstić information content (AvgIpc) is 3.13. The van der Waals surface area contributed by atoms with Gasteiger partial charge in [-0.1, -0.05) is 6.07 Å². The van der Waals surface area contributed by atoms with Crippen LogP contribution >= 0.6 is 11.3 Å². The molecular weight excluding hydrogens is 378 g/mol. The van der Waals surface area contributed by atoms with Gasteiger partial charge < -0.3 is 19.9 Å². The van der Waals surface area contributed by atoms with E-state index in [2.05, 4.69) is 11.4 Å². The second-order valence-corrected chi connectivity index (χ2v) is 9.14. The molecule has 156 valence electrons. The lowest BCUT2D eigenvalue weighted by Gasteiger charge is -2.32. The highest BCUT2D eigenvalue weighted by atomic mass is 32.1. The van der Waals surface area contributed by atoms with Crippen molar-refractivity contribution in [1.82, 2.24) is 15.1 Å². The van der Waals surface area contributed by atoms with Crippen LogP contribution in [-0.4, -0.2) is 66.5 Å². The van der Waals surface area contributed by atoms with E-state index in [0.717, 1.165) is 6.42 Å². The van der Waals surface area contributed by atoms with Crippen LogP contribution in [0.3, 0.4) is 0 Å². The van der Waals surface area contributed by atoms with E-state index in [1.165, 1.54) is 9.78 Å². The molecule has 0 bridgehead atoms. The quantitative estimate of drug-likeness (QED) is 0.783. The summed E-state index contributed by atoms with van der Waals surface area (Å²) in [5.41, 5.74) is -0.594. The molecule has 28 heavy (non-hydrogen) atoms. The van der Waals surface area contributed by atoms with Gasteiger partial charge in [-0.05, 0) is 51.5 Å². The molecule has 3 amide bonds. The van der Waals surface area contributed by atoms with Crippen LogP contribution in [0.5, 0.6) is 0 Å². The van der Waals surface area contributed by atoms with Crippen LogP contribution in [0.15, 0.2) is 17.5 Å². The van der Waals surface area contributed by atoms with Gasteiger partial charge in [0.15, 0.2) is 0 Å². The van der Waals surface area contributed by atoms with E-state index in [1.54, 1.807) is 44.1 Å². The average molecular weight is 410 g/mol. The van der Waals surface area contributed by atoms with Gasteiger partial charge in [-0.3, -0.25) is 9.59 Å². The minimum absolute atomic E-state index is 0.0212. The molecule has 0 unspecified atom stereocenters. The zero-order valence-corrected chi connectivity index (χ0v) is 18.0. The molecule has 1 fully saturated rings. The van der Waals surface area contributed by atoms with Crippen molar-refractivity contribution in [3.05, 3.63) is 22.4 Å². The maximum atomic E-state index is 12.4. The predicted molar refractivity (Wildman–Crippen MR) is 109 cm³/mol. The number of hydrogen-bond acceptors (Lipinski definition) is 5. The number of thiophene rings is 1. The van der Waals surface area contributed by atoms with E-state index < -0.39 is 11.7 Å². The second kappa shape index (κ2) is 9.91. The van der Waals surface area contributed by atoms with Crippen molar-refractivity contribution in [3.63, 3.8) is 0 Å². The Labute approximate surface area is 171 Å². The molecular formula is C20H31N3O4S. The van der Waals surface area contributed by atoms with Gasteiger partial charge in [-0.25, -0.2) is 4.79 Å². The Balaban J connectivity index is 1.69. The van der Waals surface area contributed by atoms with Crippen LogP contribution in [0, 0.1) is 5.92 Å². The lowest BCUT2D eigenvalue weighted by Crippen LogP contribution is -2.47. The number of amides is 3. The maximum Gasteiger partial charge on any atom is 0.410 e. The minimum atomic E-state index is -0.594. The minimum Gasteiger partial charge on any atom is -0.444 e. The number of likely N-dealkylation sites (tertiary alicyclic amines) is 1. The summed E-state index contributed by atoms with van der Waals surface area (Å²) in [5.74, 6) is -0.115. The van der Waals surface area contributed by atoms with Gasteiger partial charge in [0, 0.05) is 37.5 Å². The number of nitrogens with zero attached hydrogens (tertiary/aromatic N) is 2. The van der Waals surface area contributed by atoms with Gasteiger partial charge in [-0.15, -0.1) is 11.3 Å². The number of rotatable bonds is 6. The van der Waals surface area contributed by atoms with Crippen LogP contribution < -0.4 is 5.32 Å². The van der Waals surface area contributed by atoms with Gasteiger partial charge in [0.1, 0.15) is 12.1 Å². The van der Waals surface area contributed by atoms with Crippen LogP contribution in [0.25, 0.3) is 0 Å². The fourth-order valence-electron chi connectivity index (χ4n) is 3.01. The molecule has 2 rings (SSSR count). The molecule has 7 nitrogen and oxygen atoms in total. The normalized spacial score (nSPS) is 15.2. The third-order valence-corrected chi connectivity index (χ3v) is 5.48. The molecule has 1 saturated heterocycles. The van der Waals surface area contributed by atoms with Crippen LogP contribution in [0.4, 0.5) is 4.79 Å². The summed E-state index contributed by atoms with van der Waals surface area (Å²) in [4.78, 5) is 41.0. The first kappa shape index (κ1) is 22.2. The fraction of sp³-hybridized carbons (Fsp3) is 0.650. The van der Waals surface area contributed by atoms with Crippen LogP contribution in [0.2, 0.25) is 0 Å². The smallest absolute Gasteiger partial charge is 0.410 e. The molecule has 0 aromatic carbocycles. The molecule has 0 spiro atoms. The SMILES string of the molecule is CN(CC(=O)N1CCC(C(=O)NCCc2cccs2)CC1)C(=O)OC(C)(C)C. The summed E-state index contributed by atoms with van der Waals surface area (Å²) in [6, 6.07) is 4.07. The third-order valence-electron chi connectivity index (χ3n) is 4.55. The van der Waals surface area contributed by atoms with Crippen molar-refractivity contribution in [2.75, 3.05) is 33.2 Å². The highest BCUT2D eigenvalue weighted by molar-refractivity contribution is 7.09. The highest BCUT2D eigenvalue weighted by Crippen LogP contribution is 2.18. The van der Waals surface area contributed by atoms with Crippen LogP contribution in [0.1, 0.15) is 38.5 Å². The second-order valence-electron chi connectivity index (χ2n) is 8.11. The first-order valence-corrected chi connectivity index (χ1v) is 10.6. The van der Waals surface area contributed by atoms with Crippen molar-refractivity contribution >= 4 is 29.2 Å². The highest BCUT2D eigenvalue weighted by Gasteiger charge is 2.29. The Bertz CT molecular complexity index is 661. The topological polar surface area (TPSA) is 79.0 Å². The lowest BCUT2D eigenvalue weighted by molar-refractivity contribution is -0.136. The van der Waals surface area contributed by atoms with E-state index in [0.29, 0.717) is 32.5 Å². The summed E-state index contributed by atoms with van der Waals surface area (Å²) in [5, 5.41) is 5.03. The summed E-state index contributed by atoms with van der Waals surface area (Å²) in [6.45, 7) is 7.05. The summed E-state index contributed by atoms with van der Waals surface area (Å²) >= 11 is 1.69. The molecule has 1 aromatic rings. The predicted octanol–water partition coefficient (Wildman–Crippen LogP) is 2.51. The van der Waals surface area contributed by atoms with Gasteiger partial charge in [0.25, 0.3) is 0 Å². The Morgan fingerprint density at radius 3 is 2.54 bits per heavy atom.